The molecule has 2 rings (SSSR count). The van der Waals surface area contributed by atoms with E-state index in [0.717, 1.165) is 12.5 Å². The van der Waals surface area contributed by atoms with Crippen LogP contribution in [0.4, 0.5) is 19.0 Å². The fourth-order valence-corrected chi connectivity index (χ4v) is 2.14. The minimum atomic E-state index is -4.57. The van der Waals surface area contributed by atoms with Gasteiger partial charge in [0.15, 0.2) is 0 Å². The van der Waals surface area contributed by atoms with Crippen molar-refractivity contribution in [1.82, 2.24) is 4.98 Å². The van der Waals surface area contributed by atoms with E-state index < -0.39 is 17.8 Å². The first kappa shape index (κ1) is 13.6. The van der Waals surface area contributed by atoms with Gasteiger partial charge in [-0.25, -0.2) is 9.78 Å². The molecule has 19 heavy (non-hydrogen) atoms. The van der Waals surface area contributed by atoms with E-state index in [-0.39, 0.29) is 11.4 Å². The molecule has 1 N–H and O–H groups in total. The summed E-state index contributed by atoms with van der Waals surface area (Å²) in [7, 11) is 0. The Kier molecular flexibility index (Phi) is 3.38. The van der Waals surface area contributed by atoms with E-state index in [0.29, 0.717) is 25.1 Å². The molecule has 0 amide bonds. The average molecular weight is 274 g/mol. The number of carboxylic acids is 1. The van der Waals surface area contributed by atoms with Crippen LogP contribution < -0.4 is 4.90 Å². The molecule has 1 aliphatic rings. The third-order valence-corrected chi connectivity index (χ3v) is 3.12. The van der Waals surface area contributed by atoms with Crippen molar-refractivity contribution in [2.24, 2.45) is 5.92 Å². The molecule has 0 aliphatic carbocycles. The second kappa shape index (κ2) is 4.71. The molecule has 1 fully saturated rings. The highest BCUT2D eigenvalue weighted by molar-refractivity contribution is 5.93. The molecule has 2 heterocycles. The number of anilines is 1. The van der Waals surface area contributed by atoms with Crippen LogP contribution in [-0.4, -0.2) is 29.1 Å². The van der Waals surface area contributed by atoms with Gasteiger partial charge in [0.05, 0.1) is 0 Å². The molecule has 1 unspecified atom stereocenters. The first-order valence-corrected chi connectivity index (χ1v) is 5.85. The molecule has 0 radical (unpaired) electrons. The van der Waals surface area contributed by atoms with E-state index in [2.05, 4.69) is 4.98 Å². The van der Waals surface area contributed by atoms with E-state index in [4.69, 9.17) is 5.11 Å². The number of hydrogen-bond acceptors (Lipinski definition) is 3. The largest absolute Gasteiger partial charge is 0.478 e. The van der Waals surface area contributed by atoms with E-state index in [1.807, 2.05) is 6.92 Å². The molecule has 0 spiro atoms. The lowest BCUT2D eigenvalue weighted by atomic mass is 10.2. The predicted molar refractivity (Wildman–Crippen MR) is 62.2 cm³/mol. The van der Waals surface area contributed by atoms with Crippen molar-refractivity contribution in [3.05, 3.63) is 23.4 Å². The van der Waals surface area contributed by atoms with Gasteiger partial charge in [0.25, 0.3) is 0 Å². The molecule has 1 aliphatic heterocycles. The van der Waals surface area contributed by atoms with Crippen LogP contribution in [-0.2, 0) is 6.18 Å². The van der Waals surface area contributed by atoms with Crippen LogP contribution in [0, 0.1) is 5.92 Å². The maximum absolute atomic E-state index is 12.6. The quantitative estimate of drug-likeness (QED) is 0.900. The number of pyridine rings is 1. The molecule has 0 aromatic carbocycles. The smallest absolute Gasteiger partial charge is 0.433 e. The van der Waals surface area contributed by atoms with Crippen LogP contribution in [0.3, 0.4) is 0 Å². The topological polar surface area (TPSA) is 53.4 Å². The molecule has 1 aromatic rings. The molecular formula is C12H13F3N2O2. The second-order valence-electron chi connectivity index (χ2n) is 4.71. The number of hydrogen-bond donors (Lipinski definition) is 1. The first-order chi connectivity index (χ1) is 8.79. The zero-order valence-electron chi connectivity index (χ0n) is 10.2. The molecule has 104 valence electrons. The number of aromatic carboxylic acids is 1. The Morgan fingerprint density at radius 1 is 1.47 bits per heavy atom. The number of carbonyl (C=O) groups is 1. The monoisotopic (exact) mass is 274 g/mol. The Morgan fingerprint density at radius 3 is 2.63 bits per heavy atom. The van der Waals surface area contributed by atoms with Crippen LogP contribution in [0.15, 0.2) is 12.1 Å². The van der Waals surface area contributed by atoms with Gasteiger partial charge in [-0.2, -0.15) is 13.2 Å². The predicted octanol–water partition coefficient (Wildman–Crippen LogP) is 2.64. The van der Waals surface area contributed by atoms with Crippen molar-refractivity contribution < 1.29 is 23.1 Å². The van der Waals surface area contributed by atoms with Crippen molar-refractivity contribution in [2.75, 3.05) is 18.0 Å². The summed E-state index contributed by atoms with van der Waals surface area (Å²) in [6, 6.07) is 1.67. The Balaban J connectivity index is 2.45. The summed E-state index contributed by atoms with van der Waals surface area (Å²) >= 11 is 0. The number of rotatable bonds is 2. The zero-order valence-corrected chi connectivity index (χ0v) is 10.2. The molecule has 1 saturated heterocycles. The van der Waals surface area contributed by atoms with Crippen molar-refractivity contribution in [2.45, 2.75) is 19.5 Å². The number of alkyl halides is 3. The summed E-state index contributed by atoms with van der Waals surface area (Å²) in [6.07, 6.45) is -3.76. The second-order valence-corrected chi connectivity index (χ2v) is 4.71. The third-order valence-electron chi connectivity index (χ3n) is 3.12. The number of carboxylic acid groups (broad SMARTS) is 1. The minimum Gasteiger partial charge on any atom is -0.478 e. The van der Waals surface area contributed by atoms with E-state index >= 15 is 0 Å². The molecular weight excluding hydrogens is 261 g/mol. The highest BCUT2D eigenvalue weighted by Crippen LogP contribution is 2.32. The maximum atomic E-state index is 12.6. The van der Waals surface area contributed by atoms with Gasteiger partial charge in [-0.1, -0.05) is 6.92 Å². The summed E-state index contributed by atoms with van der Waals surface area (Å²) in [5, 5.41) is 9.04. The van der Waals surface area contributed by atoms with Gasteiger partial charge in [-0.05, 0) is 24.5 Å². The summed E-state index contributed by atoms with van der Waals surface area (Å²) < 4.78 is 37.9. The number of nitrogens with zero attached hydrogens (tertiary/aromatic N) is 2. The Hall–Kier alpha value is -1.79. The van der Waals surface area contributed by atoms with Crippen LogP contribution in [0.1, 0.15) is 29.4 Å². The molecule has 0 saturated carbocycles. The van der Waals surface area contributed by atoms with Crippen LogP contribution in [0.5, 0.6) is 0 Å². The maximum Gasteiger partial charge on any atom is 0.433 e. The fourth-order valence-electron chi connectivity index (χ4n) is 2.14. The van der Waals surface area contributed by atoms with Gasteiger partial charge in [0.1, 0.15) is 17.1 Å². The Labute approximate surface area is 107 Å². The summed E-state index contributed by atoms with van der Waals surface area (Å²) in [6.45, 7) is 3.01. The van der Waals surface area contributed by atoms with Crippen LogP contribution >= 0.6 is 0 Å². The van der Waals surface area contributed by atoms with E-state index in [1.54, 1.807) is 4.90 Å². The van der Waals surface area contributed by atoms with E-state index in [9.17, 15) is 18.0 Å². The van der Waals surface area contributed by atoms with Gasteiger partial charge in [0, 0.05) is 13.1 Å². The third kappa shape index (κ3) is 2.80. The van der Waals surface area contributed by atoms with Crippen LogP contribution in [0.2, 0.25) is 0 Å². The zero-order chi connectivity index (χ0) is 14.2. The van der Waals surface area contributed by atoms with Crippen molar-refractivity contribution in [3.8, 4) is 0 Å². The average Bonchev–Trinajstić information content (AvgIpc) is 2.73. The van der Waals surface area contributed by atoms with Gasteiger partial charge >= 0.3 is 12.1 Å². The SMILES string of the molecule is CC1CCN(c2nc(C(F)(F)F)ccc2C(=O)O)C1. The lowest BCUT2D eigenvalue weighted by molar-refractivity contribution is -0.141. The Bertz CT molecular complexity index is 502. The minimum absolute atomic E-state index is 0.0910. The first-order valence-electron chi connectivity index (χ1n) is 5.85. The molecule has 4 nitrogen and oxygen atoms in total. The Morgan fingerprint density at radius 2 is 2.16 bits per heavy atom. The normalized spacial score (nSPS) is 19.8. The van der Waals surface area contributed by atoms with Crippen molar-refractivity contribution >= 4 is 11.8 Å². The van der Waals surface area contributed by atoms with E-state index in [1.165, 1.54) is 0 Å². The standard InChI is InChI=1S/C12H13F3N2O2/c1-7-4-5-17(6-7)10-8(11(18)19)2-3-9(16-10)12(13,14)15/h2-3,7H,4-6H2,1H3,(H,18,19). The van der Waals surface area contributed by atoms with Gasteiger partial charge in [0.2, 0.25) is 0 Å². The summed E-state index contributed by atoms with van der Waals surface area (Å²) in [5.74, 6) is -1.04. The number of halogens is 3. The summed E-state index contributed by atoms with van der Waals surface area (Å²) in [4.78, 5) is 16.2. The van der Waals surface area contributed by atoms with Gasteiger partial charge < -0.3 is 10.0 Å². The fraction of sp³-hybridized carbons (Fsp3) is 0.500. The molecule has 7 heteroatoms. The molecule has 1 aromatic heterocycles. The van der Waals surface area contributed by atoms with Crippen molar-refractivity contribution in [3.63, 3.8) is 0 Å². The molecule has 1 atom stereocenters. The van der Waals surface area contributed by atoms with Crippen molar-refractivity contribution in [1.29, 1.82) is 0 Å². The number of aromatic nitrogens is 1. The van der Waals surface area contributed by atoms with Gasteiger partial charge in [-0.3, -0.25) is 0 Å². The highest BCUT2D eigenvalue weighted by atomic mass is 19.4. The van der Waals surface area contributed by atoms with Crippen LogP contribution in [0.25, 0.3) is 0 Å². The highest BCUT2D eigenvalue weighted by Gasteiger charge is 2.35. The molecule has 0 bridgehead atoms. The summed E-state index contributed by atoms with van der Waals surface area (Å²) in [5.41, 5.74) is -1.26. The lowest BCUT2D eigenvalue weighted by Gasteiger charge is -2.20. The van der Waals surface area contributed by atoms with Gasteiger partial charge in [-0.15, -0.1) is 0 Å². The lowest BCUT2D eigenvalue weighted by Crippen LogP contribution is -2.24.